The van der Waals surface area contributed by atoms with Crippen LogP contribution >= 0.6 is 0 Å². The normalized spacial score (nSPS) is 10.7. The molecule has 1 aromatic heterocycles. The van der Waals surface area contributed by atoms with Crippen molar-refractivity contribution in [2.75, 3.05) is 37.9 Å². The van der Waals surface area contributed by atoms with Crippen LogP contribution in [0.3, 0.4) is 0 Å². The van der Waals surface area contributed by atoms with Crippen LogP contribution in [-0.2, 0) is 4.74 Å². The van der Waals surface area contributed by atoms with Crippen LogP contribution in [0.5, 0.6) is 5.88 Å². The van der Waals surface area contributed by atoms with Crippen LogP contribution in [0.4, 0.5) is 11.5 Å². The van der Waals surface area contributed by atoms with Crippen LogP contribution in [0.2, 0.25) is 0 Å². The summed E-state index contributed by atoms with van der Waals surface area (Å²) in [4.78, 5) is 8.11. The Kier molecular flexibility index (Phi) is 6.21. The summed E-state index contributed by atoms with van der Waals surface area (Å²) in [6, 6.07) is 0. The molecule has 0 aliphatic rings. The lowest BCUT2D eigenvalue weighted by Gasteiger charge is -2.12. The third kappa shape index (κ3) is 4.75. The molecule has 0 saturated carbocycles. The van der Waals surface area contributed by atoms with Gasteiger partial charge in [0.15, 0.2) is 5.82 Å². The van der Waals surface area contributed by atoms with E-state index in [1.165, 1.54) is 6.33 Å². The highest BCUT2D eigenvalue weighted by Gasteiger charge is 2.08. The zero-order valence-electron chi connectivity index (χ0n) is 11.3. The van der Waals surface area contributed by atoms with Gasteiger partial charge >= 0.3 is 0 Å². The fraction of sp³-hybridized carbons (Fsp3) is 0.667. The molecule has 0 unspecified atom stereocenters. The molecular formula is C12H22N4O2. The van der Waals surface area contributed by atoms with E-state index in [1.54, 1.807) is 7.11 Å². The number of nitrogens with one attached hydrogen (secondary N) is 1. The summed E-state index contributed by atoms with van der Waals surface area (Å²) in [5.74, 6) is 1.66. The Morgan fingerprint density at radius 2 is 2.11 bits per heavy atom. The minimum Gasteiger partial charge on any atom is -0.474 e. The Balaban J connectivity index is 2.55. The number of methoxy groups -OCH3 is 1. The summed E-state index contributed by atoms with van der Waals surface area (Å²) in [6.07, 6.45) is 2.50. The van der Waals surface area contributed by atoms with Gasteiger partial charge in [-0.2, -0.15) is 4.98 Å². The summed E-state index contributed by atoms with van der Waals surface area (Å²) in [5, 5.41) is 3.19. The van der Waals surface area contributed by atoms with E-state index in [9.17, 15) is 0 Å². The molecule has 6 heteroatoms. The van der Waals surface area contributed by atoms with Crippen molar-refractivity contribution in [3.63, 3.8) is 0 Å². The smallest absolute Gasteiger partial charge is 0.242 e. The second-order valence-corrected chi connectivity index (χ2v) is 4.39. The summed E-state index contributed by atoms with van der Waals surface area (Å²) < 4.78 is 10.3. The van der Waals surface area contributed by atoms with Crippen LogP contribution in [0.15, 0.2) is 6.33 Å². The molecule has 0 saturated heterocycles. The van der Waals surface area contributed by atoms with Crippen LogP contribution in [0.1, 0.15) is 20.3 Å². The van der Waals surface area contributed by atoms with Crippen molar-refractivity contribution >= 4 is 11.5 Å². The largest absolute Gasteiger partial charge is 0.474 e. The number of nitrogens with zero attached hydrogens (tertiary/aromatic N) is 2. The molecular weight excluding hydrogens is 232 g/mol. The van der Waals surface area contributed by atoms with Crippen molar-refractivity contribution < 1.29 is 9.47 Å². The molecule has 1 heterocycles. The molecule has 0 radical (unpaired) electrons. The number of aromatic nitrogens is 2. The quantitative estimate of drug-likeness (QED) is 0.685. The van der Waals surface area contributed by atoms with Gasteiger partial charge in [0.25, 0.3) is 0 Å². The summed E-state index contributed by atoms with van der Waals surface area (Å²) in [7, 11) is 1.62. The fourth-order valence-electron chi connectivity index (χ4n) is 1.34. The van der Waals surface area contributed by atoms with E-state index >= 15 is 0 Å². The van der Waals surface area contributed by atoms with Crippen molar-refractivity contribution in [2.24, 2.45) is 5.92 Å². The minimum absolute atomic E-state index is 0.397. The zero-order valence-corrected chi connectivity index (χ0v) is 11.3. The maximum Gasteiger partial charge on any atom is 0.242 e. The summed E-state index contributed by atoms with van der Waals surface area (Å²) >= 11 is 0. The second-order valence-electron chi connectivity index (χ2n) is 4.39. The van der Waals surface area contributed by atoms with E-state index in [4.69, 9.17) is 15.2 Å². The third-order valence-electron chi connectivity index (χ3n) is 2.39. The average molecular weight is 254 g/mol. The standard InChI is InChI=1S/C12H22N4O2/c1-9(2)4-5-14-11-10(13)12(16-8-15-11)18-7-6-17-3/h8-9H,4-7,13H2,1-3H3,(H,14,15,16). The van der Waals surface area contributed by atoms with E-state index in [-0.39, 0.29) is 0 Å². The lowest BCUT2D eigenvalue weighted by Crippen LogP contribution is -2.12. The Labute approximate surface area is 108 Å². The van der Waals surface area contributed by atoms with E-state index in [1.807, 2.05) is 0 Å². The lowest BCUT2D eigenvalue weighted by atomic mass is 10.1. The Hall–Kier alpha value is -1.56. The van der Waals surface area contributed by atoms with E-state index < -0.39 is 0 Å². The predicted octanol–water partition coefficient (Wildman–Crippen LogP) is 1.54. The van der Waals surface area contributed by atoms with Crippen molar-refractivity contribution in [1.29, 1.82) is 0 Å². The molecule has 102 valence electrons. The molecule has 0 amide bonds. The minimum atomic E-state index is 0.397. The van der Waals surface area contributed by atoms with Gasteiger partial charge < -0.3 is 20.5 Å². The number of anilines is 2. The van der Waals surface area contributed by atoms with E-state index in [0.29, 0.717) is 36.5 Å². The first kappa shape index (κ1) is 14.5. The Morgan fingerprint density at radius 3 is 2.78 bits per heavy atom. The van der Waals surface area contributed by atoms with Crippen molar-refractivity contribution in [2.45, 2.75) is 20.3 Å². The van der Waals surface area contributed by atoms with Gasteiger partial charge in [0.1, 0.15) is 18.6 Å². The molecule has 0 fully saturated rings. The second kappa shape index (κ2) is 7.71. The first-order valence-electron chi connectivity index (χ1n) is 6.11. The fourth-order valence-corrected chi connectivity index (χ4v) is 1.34. The van der Waals surface area contributed by atoms with Crippen molar-refractivity contribution in [3.05, 3.63) is 6.33 Å². The van der Waals surface area contributed by atoms with Gasteiger partial charge in [-0.25, -0.2) is 4.98 Å². The molecule has 6 nitrogen and oxygen atoms in total. The highest BCUT2D eigenvalue weighted by Crippen LogP contribution is 2.24. The van der Waals surface area contributed by atoms with Crippen LogP contribution in [0.25, 0.3) is 0 Å². The van der Waals surface area contributed by atoms with Gasteiger partial charge in [0.2, 0.25) is 5.88 Å². The number of nitrogens with two attached hydrogens (primary N) is 1. The predicted molar refractivity (Wildman–Crippen MR) is 71.8 cm³/mol. The van der Waals surface area contributed by atoms with E-state index in [0.717, 1.165) is 13.0 Å². The van der Waals surface area contributed by atoms with Crippen LogP contribution < -0.4 is 15.8 Å². The van der Waals surface area contributed by atoms with E-state index in [2.05, 4.69) is 29.1 Å². The Bertz CT molecular complexity index is 358. The molecule has 0 aromatic carbocycles. The number of nitrogen functional groups attached to an aromatic ring is 1. The number of ether oxygens (including phenoxy) is 2. The topological polar surface area (TPSA) is 82.3 Å². The molecule has 0 aliphatic heterocycles. The van der Waals surface area contributed by atoms with Gasteiger partial charge in [-0.15, -0.1) is 0 Å². The Morgan fingerprint density at radius 1 is 1.33 bits per heavy atom. The highest BCUT2D eigenvalue weighted by molar-refractivity contribution is 5.66. The lowest BCUT2D eigenvalue weighted by molar-refractivity contribution is 0.144. The monoisotopic (exact) mass is 254 g/mol. The first-order chi connectivity index (χ1) is 8.65. The van der Waals surface area contributed by atoms with Crippen molar-refractivity contribution in [3.8, 4) is 5.88 Å². The average Bonchev–Trinajstić information content (AvgIpc) is 2.33. The molecule has 0 spiro atoms. The molecule has 3 N–H and O–H groups in total. The molecule has 0 atom stereocenters. The molecule has 18 heavy (non-hydrogen) atoms. The van der Waals surface area contributed by atoms with Gasteiger partial charge in [-0.3, -0.25) is 0 Å². The van der Waals surface area contributed by atoms with Gasteiger partial charge in [0.05, 0.1) is 6.61 Å². The summed E-state index contributed by atoms with van der Waals surface area (Å²) in [6.45, 7) is 6.09. The number of rotatable bonds is 8. The number of hydrogen-bond acceptors (Lipinski definition) is 6. The molecule has 1 aromatic rings. The maximum atomic E-state index is 5.93. The number of hydrogen-bond donors (Lipinski definition) is 2. The van der Waals surface area contributed by atoms with Crippen LogP contribution in [0, 0.1) is 5.92 Å². The van der Waals surface area contributed by atoms with Gasteiger partial charge in [0, 0.05) is 13.7 Å². The third-order valence-corrected chi connectivity index (χ3v) is 2.39. The first-order valence-corrected chi connectivity index (χ1v) is 6.11. The molecule has 0 aliphatic carbocycles. The SMILES string of the molecule is COCCOc1ncnc(NCCC(C)C)c1N. The maximum absolute atomic E-state index is 5.93. The molecule has 0 bridgehead atoms. The van der Waals surface area contributed by atoms with Gasteiger partial charge in [-0.05, 0) is 12.3 Å². The van der Waals surface area contributed by atoms with Crippen molar-refractivity contribution in [1.82, 2.24) is 9.97 Å². The summed E-state index contributed by atoms with van der Waals surface area (Å²) in [5.41, 5.74) is 6.37. The molecule has 1 rings (SSSR count). The van der Waals surface area contributed by atoms with Crippen LogP contribution in [-0.4, -0.2) is 36.8 Å². The van der Waals surface area contributed by atoms with Gasteiger partial charge in [-0.1, -0.05) is 13.8 Å². The highest BCUT2D eigenvalue weighted by atomic mass is 16.5. The zero-order chi connectivity index (χ0) is 13.4.